The van der Waals surface area contributed by atoms with Gasteiger partial charge in [0.1, 0.15) is 0 Å². The Morgan fingerprint density at radius 3 is 2.77 bits per heavy atom. The van der Waals surface area contributed by atoms with E-state index in [1.165, 1.54) is 0 Å². The molecule has 2 aromatic rings. The Morgan fingerprint density at radius 2 is 2.04 bits per heavy atom. The zero-order valence-electron chi connectivity index (χ0n) is 14.1. The van der Waals surface area contributed by atoms with Gasteiger partial charge in [-0.3, -0.25) is 9.59 Å². The first-order valence-corrected chi connectivity index (χ1v) is 8.76. The van der Waals surface area contributed by atoms with Crippen LogP contribution in [0.2, 0.25) is 5.02 Å². The van der Waals surface area contributed by atoms with Gasteiger partial charge in [0.25, 0.3) is 0 Å². The maximum atomic E-state index is 12.4. The van der Waals surface area contributed by atoms with Crippen LogP contribution in [0.3, 0.4) is 0 Å². The van der Waals surface area contributed by atoms with Gasteiger partial charge in [0.05, 0.1) is 17.6 Å². The topological polar surface area (TPSA) is 73.2 Å². The van der Waals surface area contributed by atoms with E-state index >= 15 is 0 Å². The van der Waals surface area contributed by atoms with Gasteiger partial charge >= 0.3 is 0 Å². The van der Waals surface area contributed by atoms with E-state index in [-0.39, 0.29) is 24.2 Å². The van der Waals surface area contributed by atoms with Gasteiger partial charge in [-0.2, -0.15) is 5.26 Å². The minimum Gasteiger partial charge on any atom is -0.342 e. The standard InChI is InChI=1S/C20H18ClN3O2/c21-17-6-4-14(5-7-17)8-9-24-13-16(11-19(24)25)20(26)23-18-3-1-2-15(10-18)12-22/h1-7,10,16H,8-9,11,13H2,(H,23,26). The van der Waals surface area contributed by atoms with E-state index in [1.807, 2.05) is 30.3 Å². The van der Waals surface area contributed by atoms with Gasteiger partial charge in [0, 0.05) is 30.2 Å². The molecule has 1 fully saturated rings. The number of rotatable bonds is 5. The first-order chi connectivity index (χ1) is 12.5. The summed E-state index contributed by atoms with van der Waals surface area (Å²) in [5.74, 6) is -0.578. The molecule has 0 aliphatic carbocycles. The summed E-state index contributed by atoms with van der Waals surface area (Å²) in [6, 6.07) is 16.3. The number of nitriles is 1. The van der Waals surface area contributed by atoms with Crippen molar-refractivity contribution >= 4 is 29.1 Å². The molecule has 1 heterocycles. The third-order valence-corrected chi connectivity index (χ3v) is 4.68. The van der Waals surface area contributed by atoms with Gasteiger partial charge in [0.15, 0.2) is 0 Å². The average Bonchev–Trinajstić information content (AvgIpc) is 3.02. The van der Waals surface area contributed by atoms with E-state index < -0.39 is 0 Å². The van der Waals surface area contributed by atoms with Crippen molar-refractivity contribution in [1.29, 1.82) is 5.26 Å². The number of nitrogens with one attached hydrogen (secondary N) is 1. The number of hydrogen-bond donors (Lipinski definition) is 1. The summed E-state index contributed by atoms with van der Waals surface area (Å²) in [4.78, 5) is 26.4. The molecule has 132 valence electrons. The molecule has 3 rings (SSSR count). The molecule has 0 aromatic heterocycles. The van der Waals surface area contributed by atoms with Crippen LogP contribution in [0.1, 0.15) is 17.5 Å². The van der Waals surface area contributed by atoms with Gasteiger partial charge in [0.2, 0.25) is 11.8 Å². The van der Waals surface area contributed by atoms with Crippen LogP contribution in [0.15, 0.2) is 48.5 Å². The summed E-state index contributed by atoms with van der Waals surface area (Å²) >= 11 is 5.87. The summed E-state index contributed by atoms with van der Waals surface area (Å²) in [5, 5.41) is 12.4. The van der Waals surface area contributed by atoms with Crippen molar-refractivity contribution in [2.24, 2.45) is 5.92 Å². The minimum absolute atomic E-state index is 0.00936. The molecule has 0 spiro atoms. The van der Waals surface area contributed by atoms with E-state index in [9.17, 15) is 9.59 Å². The number of benzene rings is 2. The normalized spacial score (nSPS) is 16.4. The highest BCUT2D eigenvalue weighted by Crippen LogP contribution is 2.21. The number of halogens is 1. The maximum absolute atomic E-state index is 12.4. The SMILES string of the molecule is N#Cc1cccc(NC(=O)C2CC(=O)N(CCc3ccc(Cl)cc3)C2)c1. The zero-order chi connectivity index (χ0) is 18.5. The number of likely N-dealkylation sites (tertiary alicyclic amines) is 1. The largest absolute Gasteiger partial charge is 0.342 e. The predicted octanol–water partition coefficient (Wildman–Crippen LogP) is 3.24. The van der Waals surface area contributed by atoms with E-state index in [2.05, 4.69) is 5.32 Å². The first kappa shape index (κ1) is 18.0. The summed E-state index contributed by atoms with van der Waals surface area (Å²) in [6.45, 7) is 0.990. The highest BCUT2D eigenvalue weighted by molar-refractivity contribution is 6.30. The molecule has 6 heteroatoms. The Kier molecular flexibility index (Phi) is 5.55. The second-order valence-electron chi connectivity index (χ2n) is 6.30. The summed E-state index contributed by atoms with van der Waals surface area (Å²) in [7, 11) is 0. The molecule has 1 aliphatic rings. The van der Waals surface area contributed by atoms with Crippen LogP contribution in [0.4, 0.5) is 5.69 Å². The third-order valence-electron chi connectivity index (χ3n) is 4.43. The molecule has 0 bridgehead atoms. The van der Waals surface area contributed by atoms with Crippen molar-refractivity contribution in [3.63, 3.8) is 0 Å². The fourth-order valence-corrected chi connectivity index (χ4v) is 3.12. The Labute approximate surface area is 157 Å². The smallest absolute Gasteiger partial charge is 0.229 e. The van der Waals surface area contributed by atoms with Crippen LogP contribution in [-0.2, 0) is 16.0 Å². The van der Waals surface area contributed by atoms with Crippen molar-refractivity contribution in [2.75, 3.05) is 18.4 Å². The van der Waals surface area contributed by atoms with Crippen molar-refractivity contribution in [3.8, 4) is 6.07 Å². The summed E-state index contributed by atoms with van der Waals surface area (Å²) in [5.41, 5.74) is 2.15. The molecule has 1 unspecified atom stereocenters. The molecule has 1 saturated heterocycles. The highest BCUT2D eigenvalue weighted by Gasteiger charge is 2.34. The molecule has 2 amide bonds. The number of anilines is 1. The molecular formula is C20H18ClN3O2. The minimum atomic E-state index is -0.376. The highest BCUT2D eigenvalue weighted by atomic mass is 35.5. The molecule has 5 nitrogen and oxygen atoms in total. The maximum Gasteiger partial charge on any atom is 0.229 e. The Hall–Kier alpha value is -2.84. The van der Waals surface area contributed by atoms with E-state index in [1.54, 1.807) is 29.2 Å². The van der Waals surface area contributed by atoms with Gasteiger partial charge in [-0.15, -0.1) is 0 Å². The fraction of sp³-hybridized carbons (Fsp3) is 0.250. The lowest BCUT2D eigenvalue weighted by Crippen LogP contribution is -2.30. The van der Waals surface area contributed by atoms with Gasteiger partial charge in [-0.05, 0) is 42.3 Å². The number of amides is 2. The predicted molar refractivity (Wildman–Crippen MR) is 99.6 cm³/mol. The van der Waals surface area contributed by atoms with Crippen LogP contribution >= 0.6 is 11.6 Å². The van der Waals surface area contributed by atoms with Crippen molar-refractivity contribution in [3.05, 3.63) is 64.7 Å². The van der Waals surface area contributed by atoms with Crippen LogP contribution in [0, 0.1) is 17.2 Å². The van der Waals surface area contributed by atoms with Crippen LogP contribution in [0.5, 0.6) is 0 Å². The molecule has 1 N–H and O–H groups in total. The van der Waals surface area contributed by atoms with Crippen molar-refractivity contribution in [2.45, 2.75) is 12.8 Å². The molecule has 1 atom stereocenters. The number of nitrogens with zero attached hydrogens (tertiary/aromatic N) is 2. The molecule has 2 aromatic carbocycles. The fourth-order valence-electron chi connectivity index (χ4n) is 2.99. The molecule has 0 radical (unpaired) electrons. The lowest BCUT2D eigenvalue weighted by molar-refractivity contribution is -0.128. The molecular weight excluding hydrogens is 350 g/mol. The van der Waals surface area contributed by atoms with Gasteiger partial charge in [-0.25, -0.2) is 0 Å². The Bertz CT molecular complexity index is 858. The Balaban J connectivity index is 1.55. The van der Waals surface area contributed by atoms with Crippen LogP contribution in [0.25, 0.3) is 0 Å². The average molecular weight is 368 g/mol. The summed E-state index contributed by atoms with van der Waals surface area (Å²) in [6.07, 6.45) is 0.936. The van der Waals surface area contributed by atoms with Crippen molar-refractivity contribution < 1.29 is 9.59 Å². The van der Waals surface area contributed by atoms with E-state index in [0.29, 0.717) is 29.4 Å². The first-order valence-electron chi connectivity index (χ1n) is 8.38. The van der Waals surface area contributed by atoms with Crippen molar-refractivity contribution in [1.82, 2.24) is 4.90 Å². The van der Waals surface area contributed by atoms with Gasteiger partial charge in [-0.1, -0.05) is 29.8 Å². The molecule has 26 heavy (non-hydrogen) atoms. The number of hydrogen-bond acceptors (Lipinski definition) is 3. The lowest BCUT2D eigenvalue weighted by Gasteiger charge is -2.16. The monoisotopic (exact) mass is 367 g/mol. The lowest BCUT2D eigenvalue weighted by atomic mass is 10.1. The number of carbonyl (C=O) groups is 2. The second kappa shape index (κ2) is 8.03. The Morgan fingerprint density at radius 1 is 1.27 bits per heavy atom. The quantitative estimate of drug-likeness (QED) is 0.881. The number of carbonyl (C=O) groups excluding carboxylic acids is 2. The zero-order valence-corrected chi connectivity index (χ0v) is 14.9. The van der Waals surface area contributed by atoms with E-state index in [4.69, 9.17) is 16.9 Å². The third kappa shape index (κ3) is 4.41. The molecule has 1 aliphatic heterocycles. The van der Waals surface area contributed by atoms with Crippen LogP contribution in [-0.4, -0.2) is 29.8 Å². The van der Waals surface area contributed by atoms with E-state index in [0.717, 1.165) is 12.0 Å². The van der Waals surface area contributed by atoms with Gasteiger partial charge < -0.3 is 10.2 Å². The molecule has 0 saturated carbocycles. The summed E-state index contributed by atoms with van der Waals surface area (Å²) < 4.78 is 0. The van der Waals surface area contributed by atoms with Crippen LogP contribution < -0.4 is 5.32 Å². The second-order valence-corrected chi connectivity index (χ2v) is 6.74.